The highest BCUT2D eigenvalue weighted by molar-refractivity contribution is 6.33. The average Bonchev–Trinajstić information content (AvgIpc) is 3.12. The summed E-state index contributed by atoms with van der Waals surface area (Å²) in [6, 6.07) is 14.1. The number of H-pyrrole nitrogens is 1. The summed E-state index contributed by atoms with van der Waals surface area (Å²) in [6.45, 7) is 2.13. The molecular formula is C21H14Cl2N4O2. The second kappa shape index (κ2) is 8.00. The van der Waals surface area contributed by atoms with E-state index in [4.69, 9.17) is 37.9 Å². The highest BCUT2D eigenvalue weighted by Gasteiger charge is 2.12. The molecule has 2 heterocycles. The molecule has 0 aliphatic carbocycles. The third kappa shape index (κ3) is 4.11. The van der Waals surface area contributed by atoms with Gasteiger partial charge in [-0.15, -0.1) is 0 Å². The van der Waals surface area contributed by atoms with Crippen LogP contribution < -0.4 is 9.47 Å². The van der Waals surface area contributed by atoms with Crippen molar-refractivity contribution in [2.24, 2.45) is 0 Å². The number of nitrogens with zero attached hydrogens (tertiary/aromatic N) is 3. The van der Waals surface area contributed by atoms with Crippen LogP contribution in [0.15, 0.2) is 48.7 Å². The van der Waals surface area contributed by atoms with Crippen LogP contribution in [-0.2, 0) is 6.61 Å². The number of nitrogens with one attached hydrogen (secondary N) is 1. The number of rotatable bonds is 5. The largest absolute Gasteiger partial charge is 0.487 e. The molecule has 0 spiro atoms. The average molecular weight is 425 g/mol. The van der Waals surface area contributed by atoms with Crippen molar-refractivity contribution < 1.29 is 9.47 Å². The summed E-state index contributed by atoms with van der Waals surface area (Å²) in [5, 5.41) is 18.0. The zero-order chi connectivity index (χ0) is 20.4. The van der Waals surface area contributed by atoms with Crippen LogP contribution in [0.25, 0.3) is 11.0 Å². The fourth-order valence-corrected chi connectivity index (χ4v) is 3.22. The number of aromatic nitrogens is 3. The number of pyridine rings is 1. The Bertz CT molecular complexity index is 1250. The van der Waals surface area contributed by atoms with Crippen LogP contribution in [-0.4, -0.2) is 15.2 Å². The van der Waals surface area contributed by atoms with Gasteiger partial charge in [0.2, 0.25) is 0 Å². The van der Waals surface area contributed by atoms with Crippen LogP contribution in [0.1, 0.15) is 16.8 Å². The fraction of sp³-hybridized carbons (Fsp3) is 0.0952. The van der Waals surface area contributed by atoms with Crippen LogP contribution in [0.3, 0.4) is 0 Å². The highest BCUT2D eigenvalue weighted by atomic mass is 35.5. The smallest absolute Gasteiger partial charge is 0.181 e. The quantitative estimate of drug-likeness (QED) is 0.436. The molecule has 4 rings (SSSR count). The van der Waals surface area contributed by atoms with E-state index in [1.54, 1.807) is 30.5 Å². The van der Waals surface area contributed by atoms with Crippen molar-refractivity contribution in [3.8, 4) is 23.3 Å². The minimum absolute atomic E-state index is 0.276. The highest BCUT2D eigenvalue weighted by Crippen LogP contribution is 2.37. The van der Waals surface area contributed by atoms with E-state index in [1.165, 1.54) is 0 Å². The Labute approximate surface area is 176 Å². The van der Waals surface area contributed by atoms with Crippen LogP contribution in [0.4, 0.5) is 0 Å². The second-order valence-electron chi connectivity index (χ2n) is 6.31. The molecule has 0 saturated heterocycles. The molecular weight excluding hydrogens is 411 g/mol. The van der Waals surface area contributed by atoms with Gasteiger partial charge in [0.15, 0.2) is 5.65 Å². The SMILES string of the molecule is Cc1cc(OCc2[nH]nc3ncccc23)cc(Oc2cc(Cl)cc(C#N)c2)c1Cl. The summed E-state index contributed by atoms with van der Waals surface area (Å²) in [4.78, 5) is 4.20. The molecule has 2 aromatic heterocycles. The minimum atomic E-state index is 0.276. The lowest BCUT2D eigenvalue weighted by atomic mass is 10.2. The number of hydrogen-bond acceptors (Lipinski definition) is 5. The Kier molecular flexibility index (Phi) is 5.26. The molecule has 0 saturated carbocycles. The molecule has 8 heteroatoms. The van der Waals surface area contributed by atoms with Gasteiger partial charge < -0.3 is 9.47 Å². The summed E-state index contributed by atoms with van der Waals surface area (Å²) < 4.78 is 11.8. The van der Waals surface area contributed by atoms with Gasteiger partial charge in [0.05, 0.1) is 22.3 Å². The van der Waals surface area contributed by atoms with Gasteiger partial charge in [-0.3, -0.25) is 5.10 Å². The van der Waals surface area contributed by atoms with E-state index in [2.05, 4.69) is 15.2 Å². The zero-order valence-electron chi connectivity index (χ0n) is 15.2. The van der Waals surface area contributed by atoms with E-state index in [1.807, 2.05) is 31.2 Å². The van der Waals surface area contributed by atoms with Crippen molar-refractivity contribution in [3.05, 3.63) is 75.5 Å². The maximum Gasteiger partial charge on any atom is 0.181 e. The lowest BCUT2D eigenvalue weighted by Crippen LogP contribution is -1.98. The number of aryl methyl sites for hydroxylation is 1. The summed E-state index contributed by atoms with van der Waals surface area (Å²) >= 11 is 12.5. The van der Waals surface area contributed by atoms with Gasteiger partial charge in [0.1, 0.15) is 23.9 Å². The van der Waals surface area contributed by atoms with E-state index in [0.717, 1.165) is 16.6 Å². The van der Waals surface area contributed by atoms with Crippen molar-refractivity contribution in [1.29, 1.82) is 5.26 Å². The van der Waals surface area contributed by atoms with Crippen molar-refractivity contribution in [2.75, 3.05) is 0 Å². The molecule has 6 nitrogen and oxygen atoms in total. The monoisotopic (exact) mass is 424 g/mol. The minimum Gasteiger partial charge on any atom is -0.487 e. The molecule has 2 aromatic carbocycles. The third-order valence-electron chi connectivity index (χ3n) is 4.21. The van der Waals surface area contributed by atoms with Gasteiger partial charge >= 0.3 is 0 Å². The molecule has 1 N–H and O–H groups in total. The third-order valence-corrected chi connectivity index (χ3v) is 4.92. The maximum absolute atomic E-state index is 9.11. The van der Waals surface area contributed by atoms with Crippen LogP contribution in [0.5, 0.6) is 17.2 Å². The maximum atomic E-state index is 9.11. The zero-order valence-corrected chi connectivity index (χ0v) is 16.8. The molecule has 0 aliphatic heterocycles. The van der Waals surface area contributed by atoms with Crippen LogP contribution >= 0.6 is 23.2 Å². The van der Waals surface area contributed by atoms with Crippen molar-refractivity contribution in [3.63, 3.8) is 0 Å². The Morgan fingerprint density at radius 1 is 1.14 bits per heavy atom. The van der Waals surface area contributed by atoms with Gasteiger partial charge in [-0.25, -0.2) is 4.98 Å². The second-order valence-corrected chi connectivity index (χ2v) is 7.12. The van der Waals surface area contributed by atoms with E-state index in [9.17, 15) is 0 Å². The number of benzene rings is 2. The Balaban J connectivity index is 1.59. The van der Waals surface area contributed by atoms with Crippen molar-refractivity contribution in [1.82, 2.24) is 15.2 Å². The summed E-state index contributed by atoms with van der Waals surface area (Å²) in [5.74, 6) is 1.40. The summed E-state index contributed by atoms with van der Waals surface area (Å²) in [5.41, 5.74) is 2.64. The van der Waals surface area contributed by atoms with Gasteiger partial charge in [0.25, 0.3) is 0 Å². The Morgan fingerprint density at radius 2 is 2.00 bits per heavy atom. The molecule has 4 aromatic rings. The van der Waals surface area contributed by atoms with E-state index in [-0.39, 0.29) is 6.61 Å². The predicted octanol–water partition coefficient (Wildman–Crippen LogP) is 5.82. The molecule has 0 aliphatic rings. The lowest BCUT2D eigenvalue weighted by Gasteiger charge is -2.13. The molecule has 144 valence electrons. The molecule has 0 amide bonds. The van der Waals surface area contributed by atoms with Crippen molar-refractivity contribution in [2.45, 2.75) is 13.5 Å². The first-order valence-electron chi connectivity index (χ1n) is 8.63. The van der Waals surface area contributed by atoms with Crippen molar-refractivity contribution >= 4 is 34.2 Å². The molecule has 0 unspecified atom stereocenters. The molecule has 0 atom stereocenters. The number of fused-ring (bicyclic) bond motifs is 1. The Hall–Kier alpha value is -3.27. The fourth-order valence-electron chi connectivity index (χ4n) is 2.84. The van der Waals surface area contributed by atoms with Gasteiger partial charge in [-0.2, -0.15) is 10.4 Å². The number of aromatic amines is 1. The first-order valence-corrected chi connectivity index (χ1v) is 9.38. The standard InChI is InChI=1S/C21H14Cl2N4O2/c1-12-5-15(28-11-18-17-3-2-4-25-21(17)27-26-18)9-19(20(12)23)29-16-7-13(10-24)6-14(22)8-16/h2-9H,11H2,1H3,(H,25,26,27). The first kappa shape index (κ1) is 19.1. The normalized spacial score (nSPS) is 10.7. The van der Waals surface area contributed by atoms with E-state index < -0.39 is 0 Å². The van der Waals surface area contributed by atoms with Crippen LogP contribution in [0, 0.1) is 18.3 Å². The number of hydrogen-bond donors (Lipinski definition) is 1. The van der Waals surface area contributed by atoms with E-state index in [0.29, 0.717) is 38.5 Å². The number of nitriles is 1. The topological polar surface area (TPSA) is 83.8 Å². The molecule has 29 heavy (non-hydrogen) atoms. The number of halogens is 2. The predicted molar refractivity (Wildman–Crippen MR) is 111 cm³/mol. The van der Waals surface area contributed by atoms with Gasteiger partial charge in [-0.1, -0.05) is 23.2 Å². The van der Waals surface area contributed by atoms with Gasteiger partial charge in [-0.05, 0) is 48.9 Å². The van der Waals surface area contributed by atoms with E-state index >= 15 is 0 Å². The number of ether oxygens (including phenoxy) is 2. The van der Waals surface area contributed by atoms with Crippen LogP contribution in [0.2, 0.25) is 10.0 Å². The van der Waals surface area contributed by atoms with Gasteiger partial charge in [0, 0.05) is 22.7 Å². The lowest BCUT2D eigenvalue weighted by molar-refractivity contribution is 0.301. The molecule has 0 fully saturated rings. The Morgan fingerprint density at radius 3 is 2.83 bits per heavy atom. The summed E-state index contributed by atoms with van der Waals surface area (Å²) in [7, 11) is 0. The first-order chi connectivity index (χ1) is 14.0. The molecule has 0 radical (unpaired) electrons. The summed E-state index contributed by atoms with van der Waals surface area (Å²) in [6.07, 6.45) is 1.69. The molecule has 0 bridgehead atoms.